The summed E-state index contributed by atoms with van der Waals surface area (Å²) in [7, 11) is -5.39. The number of ether oxygens (including phenoxy) is 3. The average molecular weight is 519 g/mol. The standard InChI is InChI=1S/3C5H9O2.3Ca.H3O4P/c3*1-5(2,3)7-4-6;;;;1-5(2,3)4/h3*1-3H3;;;;(H3,1,2,3,4)/q;;;3*+1;/p-3. The first kappa shape index (κ1) is 38.6. The molecule has 0 N–H and O–H groups in total. The minimum atomic E-state index is -5.39. The summed E-state index contributed by atoms with van der Waals surface area (Å²) in [6, 6.07) is 0. The Morgan fingerprint density at radius 1 is 0.586 bits per heavy atom. The Labute approximate surface area is 244 Å². The van der Waals surface area contributed by atoms with Crippen molar-refractivity contribution in [2.75, 3.05) is 0 Å². The van der Waals surface area contributed by atoms with Crippen LogP contribution in [0.1, 0.15) is 62.3 Å². The fraction of sp³-hybridized carbons (Fsp3) is 0.800. The van der Waals surface area contributed by atoms with Crippen molar-refractivity contribution in [2.24, 2.45) is 0 Å². The van der Waals surface area contributed by atoms with E-state index in [4.69, 9.17) is 33.5 Å². The maximum atomic E-state index is 10.3. The smallest absolute Gasteiger partial charge is 0.159 e. The molecular formula is C15H27Ca3O10P. The molecule has 0 fully saturated rings. The van der Waals surface area contributed by atoms with E-state index in [-0.39, 0.29) is 23.0 Å². The maximum absolute atomic E-state index is 10.3. The third-order valence-corrected chi connectivity index (χ3v) is 1.94. The fourth-order valence-corrected chi connectivity index (χ4v) is 3.05. The molecule has 0 rings (SSSR count). The Morgan fingerprint density at radius 3 is 0.690 bits per heavy atom. The van der Waals surface area contributed by atoms with Crippen molar-refractivity contribution in [3.05, 3.63) is 0 Å². The van der Waals surface area contributed by atoms with Gasteiger partial charge < -0.3 is 19.2 Å². The predicted octanol–water partition coefficient (Wildman–Crippen LogP) is 0.445. The minimum absolute atomic E-state index is 0.0995. The van der Waals surface area contributed by atoms with Gasteiger partial charge in [0.2, 0.25) is 0 Å². The molecule has 0 aliphatic rings. The van der Waals surface area contributed by atoms with E-state index >= 15 is 0 Å². The molecule has 29 heavy (non-hydrogen) atoms. The number of carbonyl (C=O) groups is 3. The molecule has 0 atom stereocenters. The first-order chi connectivity index (χ1) is 12.2. The summed E-state index contributed by atoms with van der Waals surface area (Å²) in [6.07, 6.45) is 0. The first-order valence-corrected chi connectivity index (χ1v) is 12.9. The topological polar surface area (TPSA) is 165 Å². The van der Waals surface area contributed by atoms with Crippen molar-refractivity contribution < 1.29 is 47.8 Å². The molecule has 0 amide bonds. The first-order valence-electron chi connectivity index (χ1n) is 8.13. The summed E-state index contributed by atoms with van der Waals surface area (Å²) in [4.78, 5) is 56.5. The van der Waals surface area contributed by atoms with E-state index in [9.17, 15) is 14.4 Å². The third-order valence-electron chi connectivity index (χ3n) is 1.26. The Balaban J connectivity index is -0.000000146. The second-order valence-electron chi connectivity index (χ2n) is 8.21. The molecular weight excluding hydrogens is 491 g/mol. The predicted molar refractivity (Wildman–Crippen MR) is 104 cm³/mol. The van der Waals surface area contributed by atoms with E-state index in [1.165, 1.54) is 0 Å². The van der Waals surface area contributed by atoms with Gasteiger partial charge in [-0.05, 0) is 0 Å². The van der Waals surface area contributed by atoms with Crippen LogP contribution < -0.4 is 14.7 Å². The second kappa shape index (κ2) is 17.7. The summed E-state index contributed by atoms with van der Waals surface area (Å²) in [5.74, 6) is 0. The SMILES string of the molecule is CC(C)(C)O[C](=O)[Ca+].CC(C)(C)O[C](=O)[Ca+].CC(C)(C)O[C](=O)[Ca+].O=P([O-])([O-])[O-]. The van der Waals surface area contributed by atoms with E-state index in [1.54, 1.807) is 0 Å². The summed E-state index contributed by atoms with van der Waals surface area (Å²) >= 11 is 1.74. The minimum Gasteiger partial charge on any atom is -0.822 e. The van der Waals surface area contributed by atoms with Gasteiger partial charge in [-0.3, -0.25) is 0 Å². The number of carbonyl (C=O) groups excluding carboxylic acids is 3. The van der Waals surface area contributed by atoms with E-state index in [0.29, 0.717) is 107 Å². The van der Waals surface area contributed by atoms with Crippen molar-refractivity contribution in [3.63, 3.8) is 0 Å². The van der Waals surface area contributed by atoms with Gasteiger partial charge in [0.05, 0.1) is 0 Å². The summed E-state index contributed by atoms with van der Waals surface area (Å²) < 4.78 is 22.8. The van der Waals surface area contributed by atoms with Crippen molar-refractivity contribution in [2.45, 2.75) is 79.1 Å². The van der Waals surface area contributed by atoms with Gasteiger partial charge in [-0.2, -0.15) is 7.82 Å². The van der Waals surface area contributed by atoms with E-state index in [0.717, 1.165) is 0 Å². The van der Waals surface area contributed by atoms with Crippen molar-refractivity contribution >= 4 is 121 Å². The zero-order chi connectivity index (χ0) is 24.9. The normalized spacial score (nSPS) is 11.2. The molecule has 0 saturated heterocycles. The van der Waals surface area contributed by atoms with Crippen LogP contribution in [0.2, 0.25) is 0 Å². The van der Waals surface area contributed by atoms with Crippen LogP contribution in [0.15, 0.2) is 0 Å². The van der Waals surface area contributed by atoms with Crippen LogP contribution in [-0.2, 0) is 18.8 Å². The van der Waals surface area contributed by atoms with Crippen LogP contribution in [0.3, 0.4) is 0 Å². The van der Waals surface area contributed by atoms with Gasteiger partial charge in [0.15, 0.2) is 0 Å². The molecule has 0 unspecified atom stereocenters. The Hall–Kier alpha value is 2.30. The molecule has 10 nitrogen and oxygen atoms in total. The zero-order valence-corrected chi connectivity index (χ0v) is 26.2. The van der Waals surface area contributed by atoms with Crippen LogP contribution in [0.25, 0.3) is 0 Å². The van der Waals surface area contributed by atoms with E-state index in [2.05, 4.69) is 0 Å². The molecule has 158 valence electrons. The number of phosphoric acid groups is 1. The number of rotatable bonds is 0. The zero-order valence-electron chi connectivity index (χ0n) is 18.7. The summed E-state index contributed by atoms with van der Waals surface area (Å²) in [5.41, 5.74) is -0.889. The largest absolute Gasteiger partial charge is 0.822 e. The number of hydrogen-bond acceptors (Lipinski definition) is 10. The molecule has 0 aromatic rings. The van der Waals surface area contributed by atoms with Gasteiger partial charge in [0.1, 0.15) is 0 Å². The molecule has 0 saturated carbocycles. The molecule has 0 bridgehead atoms. The quantitative estimate of drug-likeness (QED) is 0.250. The number of hydrogen-bond donors (Lipinski definition) is 0. The maximum Gasteiger partial charge on any atom is -0.159 e. The van der Waals surface area contributed by atoms with Gasteiger partial charge in [0.25, 0.3) is 0 Å². The molecule has 0 aliphatic carbocycles. The van der Waals surface area contributed by atoms with Gasteiger partial charge in [-0.1, -0.05) is 0 Å². The van der Waals surface area contributed by atoms with Gasteiger partial charge in [-0.15, -0.1) is 0 Å². The summed E-state index contributed by atoms with van der Waals surface area (Å²) in [5, 5.41) is 0. The van der Waals surface area contributed by atoms with E-state index < -0.39 is 7.82 Å². The molecule has 0 heterocycles. The Morgan fingerprint density at radius 2 is 0.690 bits per heavy atom. The van der Waals surface area contributed by atoms with Crippen molar-refractivity contribution in [1.29, 1.82) is 0 Å². The summed E-state index contributed by atoms with van der Waals surface area (Å²) in [6.45, 7) is 16.8. The van der Waals surface area contributed by atoms with Gasteiger partial charge in [0, 0.05) is 0 Å². The van der Waals surface area contributed by atoms with Gasteiger partial charge in [-0.25, -0.2) is 0 Å². The van der Waals surface area contributed by atoms with Crippen molar-refractivity contribution in [3.8, 4) is 0 Å². The molecule has 0 spiro atoms. The van der Waals surface area contributed by atoms with Crippen LogP contribution in [0, 0.1) is 0 Å². The van der Waals surface area contributed by atoms with Crippen LogP contribution in [0.5, 0.6) is 0 Å². The molecule has 0 aromatic carbocycles. The third kappa shape index (κ3) is 81.1. The van der Waals surface area contributed by atoms with Crippen LogP contribution in [0.4, 0.5) is 14.4 Å². The van der Waals surface area contributed by atoms with Gasteiger partial charge >= 0.3 is 221 Å². The molecule has 14 heteroatoms. The fourth-order valence-electron chi connectivity index (χ4n) is 1.02. The molecule has 0 radical (unpaired) electrons. The van der Waals surface area contributed by atoms with Crippen LogP contribution >= 0.6 is 7.82 Å². The monoisotopic (exact) mass is 518 g/mol. The molecule has 0 aromatic heterocycles. The average Bonchev–Trinajstić information content (AvgIpc) is 2.14. The van der Waals surface area contributed by atoms with Crippen molar-refractivity contribution in [1.82, 2.24) is 0 Å². The van der Waals surface area contributed by atoms with Crippen LogP contribution in [-0.4, -0.2) is 130 Å². The molecule has 0 aliphatic heterocycles. The second-order valence-corrected chi connectivity index (χ2v) is 11.8. The Bertz CT molecular complexity index is 472. The Kier molecular flexibility index (Phi) is 23.6. The van der Waals surface area contributed by atoms with E-state index in [1.807, 2.05) is 62.3 Å².